The number of ketones is 1. The number of hydrogen-bond acceptors (Lipinski definition) is 6. The van der Waals surface area contributed by atoms with Crippen LogP contribution in [0.25, 0.3) is 5.76 Å². The van der Waals surface area contributed by atoms with Crippen LogP contribution in [0.4, 0.5) is 0 Å². The fourth-order valence-electron chi connectivity index (χ4n) is 4.14. The van der Waals surface area contributed by atoms with Gasteiger partial charge < -0.3 is 14.7 Å². The summed E-state index contributed by atoms with van der Waals surface area (Å²) < 4.78 is 5.84. The summed E-state index contributed by atoms with van der Waals surface area (Å²) in [7, 11) is 0. The first kappa shape index (κ1) is 22.3. The SMILES string of the molecule is Cc1n[nH]c(C)c1C(O)=C1C(=O)C(=O)N(Cc2cccnc2)[C@H]1c1cccc(OC(C)C)c1. The number of aliphatic hydroxyl groups excluding tert-OH is 1. The summed E-state index contributed by atoms with van der Waals surface area (Å²) in [5.74, 6) is -1.05. The minimum atomic E-state index is -0.797. The zero-order valence-corrected chi connectivity index (χ0v) is 19.0. The minimum absolute atomic E-state index is 0.0261. The molecule has 0 saturated carbocycles. The van der Waals surface area contributed by atoms with Gasteiger partial charge in [0.05, 0.1) is 29.0 Å². The Morgan fingerprint density at radius 1 is 1.21 bits per heavy atom. The number of aryl methyl sites for hydroxylation is 2. The Hall–Kier alpha value is -3.94. The number of Topliss-reactive ketones (excluding diaryl/α,β-unsaturated/α-hetero) is 1. The number of aliphatic hydroxyl groups is 1. The minimum Gasteiger partial charge on any atom is -0.507 e. The van der Waals surface area contributed by atoms with Crippen LogP contribution in [0, 0.1) is 13.8 Å². The number of pyridine rings is 1. The van der Waals surface area contributed by atoms with Crippen molar-refractivity contribution in [3.8, 4) is 5.75 Å². The monoisotopic (exact) mass is 446 g/mol. The molecule has 8 heteroatoms. The number of likely N-dealkylation sites (tertiary alicyclic amines) is 1. The van der Waals surface area contributed by atoms with Crippen molar-refractivity contribution in [2.24, 2.45) is 0 Å². The van der Waals surface area contributed by atoms with Crippen molar-refractivity contribution >= 4 is 17.4 Å². The van der Waals surface area contributed by atoms with Gasteiger partial charge in [-0.05, 0) is 57.0 Å². The van der Waals surface area contributed by atoms with E-state index in [2.05, 4.69) is 15.2 Å². The zero-order chi connectivity index (χ0) is 23.7. The van der Waals surface area contributed by atoms with E-state index in [9.17, 15) is 14.7 Å². The van der Waals surface area contributed by atoms with Gasteiger partial charge in [0.25, 0.3) is 11.7 Å². The second-order valence-electron chi connectivity index (χ2n) is 8.34. The Morgan fingerprint density at radius 3 is 2.64 bits per heavy atom. The second kappa shape index (κ2) is 8.90. The molecular weight excluding hydrogens is 420 g/mol. The van der Waals surface area contributed by atoms with Crippen LogP contribution in [0.3, 0.4) is 0 Å². The van der Waals surface area contributed by atoms with E-state index in [4.69, 9.17) is 4.74 Å². The van der Waals surface area contributed by atoms with Crippen LogP contribution >= 0.6 is 0 Å². The van der Waals surface area contributed by atoms with Gasteiger partial charge in [0.1, 0.15) is 11.5 Å². The van der Waals surface area contributed by atoms with Gasteiger partial charge >= 0.3 is 0 Å². The normalized spacial score (nSPS) is 17.7. The molecular formula is C25H26N4O4. The molecule has 1 aromatic carbocycles. The molecule has 170 valence electrons. The van der Waals surface area contributed by atoms with Crippen molar-refractivity contribution in [1.29, 1.82) is 0 Å². The lowest BCUT2D eigenvalue weighted by Gasteiger charge is -2.26. The van der Waals surface area contributed by atoms with Gasteiger partial charge in [-0.25, -0.2) is 0 Å². The van der Waals surface area contributed by atoms with Crippen LogP contribution in [-0.4, -0.2) is 43.0 Å². The number of carbonyl (C=O) groups excluding carboxylic acids is 2. The van der Waals surface area contributed by atoms with E-state index < -0.39 is 17.7 Å². The van der Waals surface area contributed by atoms with E-state index in [1.54, 1.807) is 38.4 Å². The van der Waals surface area contributed by atoms with Gasteiger partial charge in [-0.2, -0.15) is 5.10 Å². The van der Waals surface area contributed by atoms with Gasteiger partial charge in [-0.1, -0.05) is 18.2 Å². The molecule has 3 aromatic rings. The molecule has 0 unspecified atom stereocenters. The van der Waals surface area contributed by atoms with Gasteiger partial charge in [0, 0.05) is 24.6 Å². The van der Waals surface area contributed by atoms with Gasteiger partial charge in [-0.3, -0.25) is 19.7 Å². The molecule has 0 radical (unpaired) electrons. The first-order valence-corrected chi connectivity index (χ1v) is 10.7. The average Bonchev–Trinajstić information content (AvgIpc) is 3.24. The van der Waals surface area contributed by atoms with Crippen LogP contribution in [0.1, 0.15) is 48.0 Å². The topological polar surface area (TPSA) is 108 Å². The third-order valence-electron chi connectivity index (χ3n) is 5.53. The second-order valence-corrected chi connectivity index (χ2v) is 8.34. The number of hydrogen-bond donors (Lipinski definition) is 2. The smallest absolute Gasteiger partial charge is 0.295 e. The third-order valence-corrected chi connectivity index (χ3v) is 5.53. The largest absolute Gasteiger partial charge is 0.507 e. The molecule has 3 heterocycles. The van der Waals surface area contributed by atoms with E-state index in [1.807, 2.05) is 38.1 Å². The summed E-state index contributed by atoms with van der Waals surface area (Å²) in [5, 5.41) is 18.2. The highest BCUT2D eigenvalue weighted by Gasteiger charge is 2.46. The van der Waals surface area contributed by atoms with Crippen molar-refractivity contribution in [2.75, 3.05) is 0 Å². The van der Waals surface area contributed by atoms with Crippen LogP contribution in [0.5, 0.6) is 5.75 Å². The molecule has 1 aliphatic heterocycles. The number of amides is 1. The molecule has 2 aromatic heterocycles. The summed E-state index contributed by atoms with van der Waals surface area (Å²) in [6.07, 6.45) is 3.25. The van der Waals surface area contributed by atoms with E-state index >= 15 is 0 Å². The Bertz CT molecular complexity index is 1210. The highest BCUT2D eigenvalue weighted by atomic mass is 16.5. The number of nitrogens with one attached hydrogen (secondary N) is 1. The maximum Gasteiger partial charge on any atom is 0.295 e. The fraction of sp³-hybridized carbons (Fsp3) is 0.280. The molecule has 0 aliphatic carbocycles. The Labute approximate surface area is 191 Å². The molecule has 0 bridgehead atoms. The predicted octanol–water partition coefficient (Wildman–Crippen LogP) is 3.83. The summed E-state index contributed by atoms with van der Waals surface area (Å²) in [6, 6.07) is 10.1. The van der Waals surface area contributed by atoms with Crippen LogP contribution < -0.4 is 4.74 Å². The summed E-state index contributed by atoms with van der Waals surface area (Å²) in [4.78, 5) is 32.0. The quantitative estimate of drug-likeness (QED) is 0.338. The number of H-pyrrole nitrogens is 1. The van der Waals surface area contributed by atoms with Crippen LogP contribution in [0.15, 0.2) is 54.4 Å². The van der Waals surface area contributed by atoms with Crippen molar-refractivity contribution in [3.05, 3.63) is 82.4 Å². The van der Waals surface area contributed by atoms with E-state index in [0.29, 0.717) is 28.3 Å². The maximum absolute atomic E-state index is 13.2. The third kappa shape index (κ3) is 4.24. The number of rotatable bonds is 6. The van der Waals surface area contributed by atoms with Crippen molar-refractivity contribution < 1.29 is 19.4 Å². The molecule has 1 saturated heterocycles. The van der Waals surface area contributed by atoms with E-state index in [-0.39, 0.29) is 24.0 Å². The van der Waals surface area contributed by atoms with Crippen LogP contribution in [0.2, 0.25) is 0 Å². The molecule has 1 atom stereocenters. The molecule has 1 fully saturated rings. The first-order valence-electron chi connectivity index (χ1n) is 10.7. The van der Waals surface area contributed by atoms with Crippen molar-refractivity contribution in [2.45, 2.75) is 46.4 Å². The average molecular weight is 447 g/mol. The summed E-state index contributed by atoms with van der Waals surface area (Å²) in [6.45, 7) is 7.50. The zero-order valence-electron chi connectivity index (χ0n) is 19.0. The molecule has 8 nitrogen and oxygen atoms in total. The number of aromatic amines is 1. The lowest BCUT2D eigenvalue weighted by molar-refractivity contribution is -0.140. The predicted molar refractivity (Wildman–Crippen MR) is 122 cm³/mol. The molecule has 2 N–H and O–H groups in total. The molecule has 1 aliphatic rings. The highest BCUT2D eigenvalue weighted by molar-refractivity contribution is 6.46. The van der Waals surface area contributed by atoms with Crippen LogP contribution in [-0.2, 0) is 16.1 Å². The Balaban J connectivity index is 1.89. The first-order chi connectivity index (χ1) is 15.8. The van der Waals surface area contributed by atoms with Gasteiger partial charge in [0.15, 0.2) is 0 Å². The fourth-order valence-corrected chi connectivity index (χ4v) is 4.14. The Morgan fingerprint density at radius 2 is 2.00 bits per heavy atom. The summed E-state index contributed by atoms with van der Waals surface area (Å²) in [5.41, 5.74) is 3.04. The van der Waals surface area contributed by atoms with E-state index in [1.165, 1.54) is 4.90 Å². The van der Waals surface area contributed by atoms with Gasteiger partial charge in [-0.15, -0.1) is 0 Å². The standard InChI is InChI=1S/C25H26N4O4/c1-14(2)33-19-9-5-8-18(11-19)22-21(23(30)20-15(3)27-28-16(20)4)24(31)25(32)29(22)13-17-7-6-10-26-12-17/h5-12,14,22,30H,13H2,1-4H3,(H,27,28)/t22-/m0/s1. The number of ether oxygens (including phenoxy) is 1. The lowest BCUT2D eigenvalue weighted by Crippen LogP contribution is -2.29. The number of carbonyl (C=O) groups is 2. The Kier molecular flexibility index (Phi) is 6.00. The molecule has 0 spiro atoms. The number of benzene rings is 1. The number of nitrogens with zero attached hydrogens (tertiary/aromatic N) is 3. The van der Waals surface area contributed by atoms with Crippen molar-refractivity contribution in [3.63, 3.8) is 0 Å². The lowest BCUT2D eigenvalue weighted by atomic mass is 9.94. The highest BCUT2D eigenvalue weighted by Crippen LogP contribution is 2.41. The van der Waals surface area contributed by atoms with E-state index in [0.717, 1.165) is 5.56 Å². The van der Waals surface area contributed by atoms with Gasteiger partial charge in [0.2, 0.25) is 0 Å². The molecule has 33 heavy (non-hydrogen) atoms. The molecule has 4 rings (SSSR count). The molecule has 1 amide bonds. The number of aromatic nitrogens is 3. The summed E-state index contributed by atoms with van der Waals surface area (Å²) >= 11 is 0. The maximum atomic E-state index is 13.2. The van der Waals surface area contributed by atoms with Crippen molar-refractivity contribution in [1.82, 2.24) is 20.1 Å².